The Morgan fingerprint density at radius 1 is 1.20 bits per heavy atom. The topological polar surface area (TPSA) is 44.8 Å². The molecule has 0 atom stereocenters. The van der Waals surface area contributed by atoms with Gasteiger partial charge in [0.25, 0.3) is 0 Å². The second-order valence-corrected chi connectivity index (χ2v) is 4.91. The van der Waals surface area contributed by atoms with Gasteiger partial charge in [0.05, 0.1) is 13.7 Å². The van der Waals surface area contributed by atoms with E-state index < -0.39 is 0 Å². The van der Waals surface area contributed by atoms with Gasteiger partial charge in [-0.15, -0.1) is 0 Å². The summed E-state index contributed by atoms with van der Waals surface area (Å²) in [5, 5.41) is 2.84. The average molecular weight is 277 g/mol. The fraction of sp³-hybridized carbons (Fsp3) is 0.533. The summed E-state index contributed by atoms with van der Waals surface area (Å²) in [6.07, 6.45) is 0. The van der Waals surface area contributed by atoms with Crippen LogP contribution in [0.3, 0.4) is 0 Å². The summed E-state index contributed by atoms with van der Waals surface area (Å²) >= 11 is 0. The van der Waals surface area contributed by atoms with E-state index in [9.17, 15) is 4.79 Å². The second kappa shape index (κ2) is 7.14. The molecule has 1 aromatic carbocycles. The monoisotopic (exact) mass is 277 g/mol. The molecule has 0 unspecified atom stereocenters. The number of nitrogens with one attached hydrogen (secondary N) is 1. The van der Waals surface area contributed by atoms with E-state index in [1.165, 1.54) is 5.69 Å². The molecule has 1 aromatic rings. The molecule has 0 bridgehead atoms. The first kappa shape index (κ1) is 14.7. The Bertz CT molecular complexity index is 425. The molecular weight excluding hydrogens is 254 g/mol. The summed E-state index contributed by atoms with van der Waals surface area (Å²) in [6.45, 7) is 6.89. The Labute approximate surface area is 120 Å². The number of hydrogen-bond donors (Lipinski definition) is 1. The SMILES string of the molecule is CCNC(=O)CN1CCN(c2ccc(OC)cc2)CC1. The number of rotatable bonds is 5. The van der Waals surface area contributed by atoms with Gasteiger partial charge in [-0.25, -0.2) is 0 Å². The molecule has 0 radical (unpaired) electrons. The van der Waals surface area contributed by atoms with Gasteiger partial charge in [-0.2, -0.15) is 0 Å². The Morgan fingerprint density at radius 2 is 1.85 bits per heavy atom. The molecule has 1 saturated heterocycles. The van der Waals surface area contributed by atoms with Crippen LogP contribution in [-0.2, 0) is 4.79 Å². The third-order valence-corrected chi connectivity index (χ3v) is 3.55. The zero-order valence-electron chi connectivity index (χ0n) is 12.3. The summed E-state index contributed by atoms with van der Waals surface area (Å²) in [7, 11) is 1.68. The van der Waals surface area contributed by atoms with Crippen molar-refractivity contribution in [3.63, 3.8) is 0 Å². The van der Waals surface area contributed by atoms with E-state index in [-0.39, 0.29) is 5.91 Å². The van der Waals surface area contributed by atoms with Gasteiger partial charge in [0.1, 0.15) is 5.75 Å². The van der Waals surface area contributed by atoms with Gasteiger partial charge in [-0.3, -0.25) is 9.69 Å². The van der Waals surface area contributed by atoms with Crippen LogP contribution in [0, 0.1) is 0 Å². The molecule has 20 heavy (non-hydrogen) atoms. The molecule has 0 spiro atoms. The van der Waals surface area contributed by atoms with E-state index in [0.29, 0.717) is 13.1 Å². The number of ether oxygens (including phenoxy) is 1. The maximum Gasteiger partial charge on any atom is 0.234 e. The van der Waals surface area contributed by atoms with Gasteiger partial charge in [-0.05, 0) is 31.2 Å². The Kier molecular flexibility index (Phi) is 5.24. The number of likely N-dealkylation sites (N-methyl/N-ethyl adjacent to an activating group) is 1. The number of amides is 1. The van der Waals surface area contributed by atoms with E-state index in [2.05, 4.69) is 27.2 Å². The minimum atomic E-state index is 0.116. The summed E-state index contributed by atoms with van der Waals surface area (Å²) in [6, 6.07) is 8.13. The molecule has 0 saturated carbocycles. The zero-order valence-corrected chi connectivity index (χ0v) is 12.3. The molecule has 5 nitrogen and oxygen atoms in total. The summed E-state index contributed by atoms with van der Waals surface area (Å²) < 4.78 is 5.17. The van der Waals surface area contributed by atoms with Crippen LogP contribution in [0.2, 0.25) is 0 Å². The van der Waals surface area contributed by atoms with Crippen molar-refractivity contribution in [3.05, 3.63) is 24.3 Å². The van der Waals surface area contributed by atoms with E-state index in [0.717, 1.165) is 31.9 Å². The van der Waals surface area contributed by atoms with Gasteiger partial charge < -0.3 is 15.0 Å². The lowest BCUT2D eigenvalue weighted by Gasteiger charge is -2.35. The first-order chi connectivity index (χ1) is 9.72. The summed E-state index contributed by atoms with van der Waals surface area (Å²) in [5.74, 6) is 0.994. The highest BCUT2D eigenvalue weighted by atomic mass is 16.5. The van der Waals surface area contributed by atoms with Crippen molar-refractivity contribution in [2.24, 2.45) is 0 Å². The third-order valence-electron chi connectivity index (χ3n) is 3.55. The number of anilines is 1. The molecule has 1 heterocycles. The van der Waals surface area contributed by atoms with E-state index >= 15 is 0 Å². The number of benzene rings is 1. The van der Waals surface area contributed by atoms with Gasteiger partial charge in [0.15, 0.2) is 0 Å². The van der Waals surface area contributed by atoms with Crippen LogP contribution in [0.25, 0.3) is 0 Å². The van der Waals surface area contributed by atoms with Crippen LogP contribution in [-0.4, -0.2) is 57.2 Å². The number of piperazine rings is 1. The molecule has 1 amide bonds. The predicted octanol–water partition coefficient (Wildman–Crippen LogP) is 0.953. The highest BCUT2D eigenvalue weighted by molar-refractivity contribution is 5.77. The number of nitrogens with zero attached hydrogens (tertiary/aromatic N) is 2. The van der Waals surface area contributed by atoms with Crippen LogP contribution in [0.1, 0.15) is 6.92 Å². The molecular formula is C15H23N3O2. The lowest BCUT2D eigenvalue weighted by atomic mass is 10.2. The maximum atomic E-state index is 11.6. The largest absolute Gasteiger partial charge is 0.497 e. The highest BCUT2D eigenvalue weighted by Gasteiger charge is 2.18. The first-order valence-corrected chi connectivity index (χ1v) is 7.11. The lowest BCUT2D eigenvalue weighted by molar-refractivity contribution is -0.122. The second-order valence-electron chi connectivity index (χ2n) is 4.91. The standard InChI is InChI=1S/C15H23N3O2/c1-3-16-15(19)12-17-8-10-18(11-9-17)13-4-6-14(20-2)7-5-13/h4-7H,3,8-12H2,1-2H3,(H,16,19). The highest BCUT2D eigenvalue weighted by Crippen LogP contribution is 2.20. The van der Waals surface area contributed by atoms with Crippen LogP contribution in [0.5, 0.6) is 5.75 Å². The number of methoxy groups -OCH3 is 1. The Hall–Kier alpha value is -1.75. The van der Waals surface area contributed by atoms with Crippen molar-refractivity contribution >= 4 is 11.6 Å². The van der Waals surface area contributed by atoms with Crippen LogP contribution in [0.4, 0.5) is 5.69 Å². The van der Waals surface area contributed by atoms with Crippen LogP contribution < -0.4 is 15.0 Å². The smallest absolute Gasteiger partial charge is 0.234 e. The van der Waals surface area contributed by atoms with Crippen LogP contribution >= 0.6 is 0 Å². The molecule has 5 heteroatoms. The quantitative estimate of drug-likeness (QED) is 0.870. The fourth-order valence-corrected chi connectivity index (χ4v) is 2.41. The normalized spacial score (nSPS) is 16.0. The van der Waals surface area contributed by atoms with Crippen molar-refractivity contribution in [2.75, 3.05) is 51.3 Å². The van der Waals surface area contributed by atoms with Crippen molar-refractivity contribution in [1.29, 1.82) is 0 Å². The van der Waals surface area contributed by atoms with Crippen LogP contribution in [0.15, 0.2) is 24.3 Å². The van der Waals surface area contributed by atoms with Gasteiger partial charge in [0.2, 0.25) is 5.91 Å². The van der Waals surface area contributed by atoms with Crippen molar-refractivity contribution in [3.8, 4) is 5.75 Å². The molecule has 1 aliphatic heterocycles. The molecule has 0 aromatic heterocycles. The average Bonchev–Trinajstić information content (AvgIpc) is 2.48. The third kappa shape index (κ3) is 3.87. The Balaban J connectivity index is 1.82. The zero-order chi connectivity index (χ0) is 14.4. The fourth-order valence-electron chi connectivity index (χ4n) is 2.41. The minimum absolute atomic E-state index is 0.116. The summed E-state index contributed by atoms with van der Waals surface area (Å²) in [4.78, 5) is 16.1. The maximum absolute atomic E-state index is 11.6. The summed E-state index contributed by atoms with van der Waals surface area (Å²) in [5.41, 5.74) is 1.21. The molecule has 1 N–H and O–H groups in total. The van der Waals surface area contributed by atoms with Gasteiger partial charge >= 0.3 is 0 Å². The molecule has 110 valence electrons. The lowest BCUT2D eigenvalue weighted by Crippen LogP contribution is -2.49. The Morgan fingerprint density at radius 3 is 2.40 bits per heavy atom. The van der Waals surface area contributed by atoms with Gasteiger partial charge in [0, 0.05) is 38.4 Å². The van der Waals surface area contributed by atoms with E-state index in [4.69, 9.17) is 4.74 Å². The van der Waals surface area contributed by atoms with Crippen molar-refractivity contribution < 1.29 is 9.53 Å². The molecule has 1 aliphatic rings. The van der Waals surface area contributed by atoms with Crippen molar-refractivity contribution in [2.45, 2.75) is 6.92 Å². The van der Waals surface area contributed by atoms with E-state index in [1.54, 1.807) is 7.11 Å². The minimum Gasteiger partial charge on any atom is -0.497 e. The first-order valence-electron chi connectivity index (χ1n) is 7.11. The van der Waals surface area contributed by atoms with E-state index in [1.807, 2.05) is 19.1 Å². The molecule has 0 aliphatic carbocycles. The predicted molar refractivity (Wildman–Crippen MR) is 80.3 cm³/mol. The number of carbonyl (C=O) groups excluding carboxylic acids is 1. The number of carbonyl (C=O) groups is 1. The van der Waals surface area contributed by atoms with Gasteiger partial charge in [-0.1, -0.05) is 0 Å². The molecule has 1 fully saturated rings. The number of hydrogen-bond acceptors (Lipinski definition) is 4. The van der Waals surface area contributed by atoms with Crippen molar-refractivity contribution in [1.82, 2.24) is 10.2 Å². The molecule has 2 rings (SSSR count).